The summed E-state index contributed by atoms with van der Waals surface area (Å²) in [5, 5.41) is 48.1. The molecular formula is C67H113N13O18S2. The van der Waals surface area contributed by atoms with Crippen molar-refractivity contribution in [3.05, 3.63) is 35.4 Å². The standard InChI is InChI=1S/C67H113N13O18S2/c1-8-48(4)61-65(94)76(7)53(46-100-45-50-15-11-14-49(39-50)44-99-37-19-56(83)75-67(5,6)66(95)73-52(38-47(2)3)63(92)74-61)64(93)71-22-13-32-97-34-36-98-35-33-96-31-12-21-69-54(81)17-18-55(82)72-51(62(68)91)16-9-10-20-70-57(84)40-77-23-25-78(41-58(85)86)27-29-80(43-60(89)90)30-28-79(26-24-77)42-59(87)88/h11,14-15,39,47-48,51-53,61H,8-10,12-13,16-38,40-46H2,1-7H3,(H2,68,91)(H,69,81)(H,70,84)(H,71,93)(H,72,82)(H,73,95)(H,74,92)(H,75,83)(H,85,86)(H,87,88)(H,89,90)/t48-,51-,52-,53-,61-/m0/s1. The molecule has 0 unspecified atom stereocenters. The Hall–Kier alpha value is -6.72. The van der Waals surface area contributed by atoms with Crippen molar-refractivity contribution in [1.82, 2.24) is 61.7 Å². The number of carbonyl (C=O) groups is 12. The molecule has 31 nitrogen and oxygen atoms in total. The van der Waals surface area contributed by atoms with Crippen LogP contribution in [0.5, 0.6) is 0 Å². The third-order valence-corrected chi connectivity index (χ3v) is 18.8. The Labute approximate surface area is 597 Å². The molecule has 100 heavy (non-hydrogen) atoms. The van der Waals surface area contributed by atoms with Crippen LogP contribution in [0.4, 0.5) is 0 Å². The van der Waals surface area contributed by atoms with Gasteiger partial charge in [-0.1, -0.05) is 58.4 Å². The summed E-state index contributed by atoms with van der Waals surface area (Å²) in [6.07, 6.45) is 2.71. The van der Waals surface area contributed by atoms with E-state index in [4.69, 9.17) is 19.9 Å². The van der Waals surface area contributed by atoms with Gasteiger partial charge in [0, 0.05) is 135 Å². The minimum Gasteiger partial charge on any atom is -0.480 e. The number of aliphatic carboxylic acids is 3. The van der Waals surface area contributed by atoms with E-state index in [0.717, 1.165) is 11.1 Å². The Morgan fingerprint density at radius 2 is 1.14 bits per heavy atom. The van der Waals surface area contributed by atoms with E-state index in [1.54, 1.807) is 52.3 Å². The van der Waals surface area contributed by atoms with Gasteiger partial charge in [-0.25, -0.2) is 0 Å². The summed E-state index contributed by atoms with van der Waals surface area (Å²) < 4.78 is 17.0. The second-order valence-corrected chi connectivity index (χ2v) is 28.3. The first-order valence-corrected chi connectivity index (χ1v) is 37.0. The highest BCUT2D eigenvalue weighted by atomic mass is 32.2. The average Bonchev–Trinajstić information content (AvgIpc) is 0.832. The SMILES string of the molecule is CC[C@H](C)[C@@H]1NC(=O)[C@H](CC(C)C)NC(=O)C(C)(C)NC(=O)CCSCc2cccc(c2)CSC[C@@H](C(=O)NCCCOCCOCCOCCCNC(=O)CCC(=O)N[C@@H](CCCCNC(=O)CN2CCN(CC(=O)O)CCN(CC(=O)O)CCN(CC(=O)O)CC2)C(N)=O)N(C)C1=O. The highest BCUT2D eigenvalue weighted by molar-refractivity contribution is 7.98. The van der Waals surface area contributed by atoms with Gasteiger partial charge in [-0.15, -0.1) is 0 Å². The Kier molecular flexibility index (Phi) is 42.9. The van der Waals surface area contributed by atoms with E-state index in [1.165, 1.54) is 16.7 Å². The van der Waals surface area contributed by atoms with Gasteiger partial charge in [-0.3, -0.25) is 77.1 Å². The molecule has 0 radical (unpaired) electrons. The number of amides is 9. The van der Waals surface area contributed by atoms with Crippen molar-refractivity contribution < 1.29 is 87.1 Å². The van der Waals surface area contributed by atoms with Crippen LogP contribution in [0, 0.1) is 11.8 Å². The number of benzene rings is 1. The summed E-state index contributed by atoms with van der Waals surface area (Å²) in [4.78, 5) is 163. The van der Waals surface area contributed by atoms with Gasteiger partial charge in [0.15, 0.2) is 0 Å². The quantitative estimate of drug-likeness (QED) is 0.0388. The number of carboxylic acids is 3. The molecule has 33 heteroatoms. The van der Waals surface area contributed by atoms with Crippen LogP contribution < -0.4 is 43.0 Å². The highest BCUT2D eigenvalue weighted by Gasteiger charge is 2.38. The second-order valence-electron chi connectivity index (χ2n) is 26.1. The maximum absolute atomic E-state index is 14.5. The number of carbonyl (C=O) groups excluding carboxylic acids is 9. The zero-order chi connectivity index (χ0) is 74.0. The molecule has 0 saturated carbocycles. The van der Waals surface area contributed by atoms with Crippen molar-refractivity contribution in [2.24, 2.45) is 17.6 Å². The number of nitrogens with zero attached hydrogens (tertiary/aromatic N) is 5. The average molecular weight is 1450 g/mol. The topological polar surface area (TPSA) is 420 Å². The van der Waals surface area contributed by atoms with Gasteiger partial charge in [-0.2, -0.15) is 23.5 Å². The number of hydrogen-bond acceptors (Lipinski definition) is 21. The Bertz CT molecular complexity index is 2720. The Balaban J connectivity index is 1.35. The fraction of sp³-hybridized carbons (Fsp3) is 0.731. The van der Waals surface area contributed by atoms with Gasteiger partial charge in [0.05, 0.1) is 52.6 Å². The third kappa shape index (κ3) is 37.8. The number of primary amides is 1. The number of carboxylic acid groups (broad SMARTS) is 3. The molecule has 1 aromatic rings. The molecule has 2 bridgehead atoms. The molecule has 5 atom stereocenters. The molecule has 2 aliphatic heterocycles. The number of rotatable bonds is 37. The van der Waals surface area contributed by atoms with Gasteiger partial charge in [-0.05, 0) is 75.3 Å². The van der Waals surface area contributed by atoms with Crippen LogP contribution in [0.1, 0.15) is 117 Å². The number of hydrogen-bond donors (Lipinski definition) is 11. The van der Waals surface area contributed by atoms with Gasteiger partial charge in [0.1, 0.15) is 29.7 Å². The molecule has 0 aliphatic carbocycles. The van der Waals surface area contributed by atoms with Crippen molar-refractivity contribution in [2.75, 3.05) is 156 Å². The van der Waals surface area contributed by atoms with Crippen molar-refractivity contribution in [2.45, 2.75) is 147 Å². The maximum Gasteiger partial charge on any atom is 0.317 e. The number of likely N-dealkylation sites (N-methyl/N-ethyl adjacent to an activating group) is 1. The van der Waals surface area contributed by atoms with Crippen LogP contribution in [-0.4, -0.2) is 297 Å². The van der Waals surface area contributed by atoms with E-state index in [1.807, 2.05) is 45.9 Å². The lowest BCUT2D eigenvalue weighted by Gasteiger charge is -2.34. The lowest BCUT2D eigenvalue weighted by Crippen LogP contribution is -2.62. The number of thioether (sulfide) groups is 2. The number of ether oxygens (including phenoxy) is 3. The van der Waals surface area contributed by atoms with E-state index >= 15 is 0 Å². The van der Waals surface area contributed by atoms with Crippen LogP contribution in [0.3, 0.4) is 0 Å². The monoisotopic (exact) mass is 1450 g/mol. The molecule has 566 valence electrons. The number of nitrogens with two attached hydrogens (primary N) is 1. The molecule has 1 saturated heterocycles. The molecule has 9 amide bonds. The fourth-order valence-corrected chi connectivity index (χ4v) is 12.7. The molecule has 1 aromatic carbocycles. The largest absolute Gasteiger partial charge is 0.480 e. The van der Waals surface area contributed by atoms with Crippen LogP contribution >= 0.6 is 23.5 Å². The van der Waals surface area contributed by atoms with Crippen molar-refractivity contribution in [3.8, 4) is 0 Å². The minimum atomic E-state index is -1.33. The summed E-state index contributed by atoms with van der Waals surface area (Å²) in [5.41, 5.74) is 6.36. The first-order valence-electron chi connectivity index (χ1n) is 34.7. The van der Waals surface area contributed by atoms with Gasteiger partial charge in [0.2, 0.25) is 53.2 Å². The van der Waals surface area contributed by atoms with Crippen LogP contribution in [0.15, 0.2) is 24.3 Å². The first kappa shape index (κ1) is 87.5. The van der Waals surface area contributed by atoms with E-state index in [9.17, 15) is 72.9 Å². The summed E-state index contributed by atoms with van der Waals surface area (Å²) in [7, 11) is 1.57. The molecule has 1 fully saturated rings. The van der Waals surface area contributed by atoms with Crippen LogP contribution in [-0.2, 0) is 83.3 Å². The number of unbranched alkanes of at least 4 members (excludes halogenated alkanes) is 1. The number of nitrogens with one attached hydrogen (secondary N) is 7. The summed E-state index contributed by atoms with van der Waals surface area (Å²) in [6.45, 7) is 14.6. The van der Waals surface area contributed by atoms with Crippen molar-refractivity contribution in [3.63, 3.8) is 0 Å². The predicted octanol–water partition coefficient (Wildman–Crippen LogP) is -0.0851. The predicted molar refractivity (Wildman–Crippen MR) is 379 cm³/mol. The molecular weight excluding hydrogens is 1340 g/mol. The molecule has 3 rings (SSSR count). The second kappa shape index (κ2) is 49.0. The Morgan fingerprint density at radius 3 is 1.66 bits per heavy atom. The van der Waals surface area contributed by atoms with Gasteiger partial charge < -0.3 is 77.4 Å². The van der Waals surface area contributed by atoms with Crippen molar-refractivity contribution in [1.29, 1.82) is 0 Å². The highest BCUT2D eigenvalue weighted by Crippen LogP contribution is 2.22. The lowest BCUT2D eigenvalue weighted by atomic mass is 9.95. The lowest BCUT2D eigenvalue weighted by molar-refractivity contribution is -0.143. The molecule has 0 spiro atoms. The molecule has 12 N–H and O–H groups in total. The zero-order valence-electron chi connectivity index (χ0n) is 59.6. The van der Waals surface area contributed by atoms with Crippen molar-refractivity contribution >= 4 is 94.6 Å². The van der Waals surface area contributed by atoms with Crippen LogP contribution in [0.25, 0.3) is 0 Å². The smallest absolute Gasteiger partial charge is 0.317 e. The van der Waals surface area contributed by atoms with Gasteiger partial charge >= 0.3 is 17.9 Å². The zero-order valence-corrected chi connectivity index (χ0v) is 61.3. The molecule has 2 aliphatic rings. The normalized spacial score (nSPS) is 19.6. The molecule has 2 heterocycles. The summed E-state index contributed by atoms with van der Waals surface area (Å²) in [5.74, 6) is -5.62. The summed E-state index contributed by atoms with van der Waals surface area (Å²) in [6, 6.07) is 4.17. The summed E-state index contributed by atoms with van der Waals surface area (Å²) >= 11 is 3.11. The van der Waals surface area contributed by atoms with E-state index in [0.29, 0.717) is 95.5 Å². The van der Waals surface area contributed by atoms with E-state index in [2.05, 4.69) is 43.3 Å². The fourth-order valence-electron chi connectivity index (χ4n) is 10.7. The van der Waals surface area contributed by atoms with E-state index < -0.39 is 77.2 Å². The maximum atomic E-state index is 14.5. The molecule has 0 aromatic heterocycles. The van der Waals surface area contributed by atoms with E-state index in [-0.39, 0.29) is 165 Å². The van der Waals surface area contributed by atoms with Gasteiger partial charge in [0.25, 0.3) is 0 Å². The third-order valence-electron chi connectivity index (χ3n) is 16.7. The first-order chi connectivity index (χ1) is 47.6. The number of fused-ring (bicyclic) bond motifs is 2. The van der Waals surface area contributed by atoms with Crippen LogP contribution in [0.2, 0.25) is 0 Å². The minimum absolute atomic E-state index is 0.00882. The Morgan fingerprint density at radius 1 is 0.650 bits per heavy atom.